The van der Waals surface area contributed by atoms with Crippen molar-refractivity contribution in [3.8, 4) is 0 Å². The Morgan fingerprint density at radius 2 is 1.95 bits per heavy atom. The number of amides is 1. The van der Waals surface area contributed by atoms with Crippen molar-refractivity contribution in [1.29, 1.82) is 0 Å². The fourth-order valence-electron chi connectivity index (χ4n) is 1.79. The smallest absolute Gasteiger partial charge is 0.255 e. The summed E-state index contributed by atoms with van der Waals surface area (Å²) in [6.07, 6.45) is 0.916. The standard InChI is InChI=1S/C14H22ClN3O/c1-4-8-18(10-9-17(2)3)14(19)11-6-5-7-12(16)13(11)15/h5-7H,4,8-10,16H2,1-3H3. The molecular weight excluding hydrogens is 262 g/mol. The number of nitrogens with two attached hydrogens (primary N) is 1. The van der Waals surface area contributed by atoms with Gasteiger partial charge in [-0.3, -0.25) is 4.79 Å². The summed E-state index contributed by atoms with van der Waals surface area (Å²) in [5.74, 6) is -0.0546. The Labute approximate surface area is 120 Å². The van der Waals surface area contributed by atoms with Crippen LogP contribution < -0.4 is 5.73 Å². The van der Waals surface area contributed by atoms with Crippen molar-refractivity contribution in [2.45, 2.75) is 13.3 Å². The summed E-state index contributed by atoms with van der Waals surface area (Å²) in [6.45, 7) is 4.28. The third-order valence-corrected chi connectivity index (χ3v) is 3.28. The fourth-order valence-corrected chi connectivity index (χ4v) is 2.00. The predicted molar refractivity (Wildman–Crippen MR) is 80.6 cm³/mol. The third-order valence-electron chi connectivity index (χ3n) is 2.86. The minimum Gasteiger partial charge on any atom is -0.398 e. The molecule has 0 spiro atoms. The van der Waals surface area contributed by atoms with Crippen molar-refractivity contribution >= 4 is 23.2 Å². The molecule has 1 amide bonds. The van der Waals surface area contributed by atoms with Crippen LogP contribution in [0.1, 0.15) is 23.7 Å². The third kappa shape index (κ3) is 4.40. The lowest BCUT2D eigenvalue weighted by Gasteiger charge is -2.24. The van der Waals surface area contributed by atoms with E-state index in [2.05, 4.69) is 11.8 Å². The molecule has 0 saturated carbocycles. The van der Waals surface area contributed by atoms with Crippen LogP contribution in [0.4, 0.5) is 5.69 Å². The Bertz CT molecular complexity index is 435. The summed E-state index contributed by atoms with van der Waals surface area (Å²) < 4.78 is 0. The van der Waals surface area contributed by atoms with Gasteiger partial charge in [-0.25, -0.2) is 0 Å². The van der Waals surface area contributed by atoms with E-state index in [9.17, 15) is 4.79 Å². The first-order chi connectivity index (χ1) is 8.97. The molecule has 0 saturated heterocycles. The summed E-state index contributed by atoms with van der Waals surface area (Å²) in [5, 5.41) is 0.346. The van der Waals surface area contributed by atoms with E-state index < -0.39 is 0 Å². The number of halogens is 1. The van der Waals surface area contributed by atoms with Crippen molar-refractivity contribution in [3.05, 3.63) is 28.8 Å². The number of nitrogen functional groups attached to an aromatic ring is 1. The molecule has 1 aromatic rings. The molecule has 1 aromatic carbocycles. The fraction of sp³-hybridized carbons (Fsp3) is 0.500. The second kappa shape index (κ2) is 7.36. The van der Waals surface area contributed by atoms with Gasteiger partial charge >= 0.3 is 0 Å². The Kier molecular flexibility index (Phi) is 6.12. The van der Waals surface area contributed by atoms with Crippen LogP contribution in [0.5, 0.6) is 0 Å². The van der Waals surface area contributed by atoms with E-state index >= 15 is 0 Å². The molecule has 0 atom stereocenters. The summed E-state index contributed by atoms with van der Waals surface area (Å²) in [4.78, 5) is 16.4. The van der Waals surface area contributed by atoms with Gasteiger partial charge in [0.2, 0.25) is 0 Å². The Morgan fingerprint density at radius 1 is 1.26 bits per heavy atom. The molecule has 0 aliphatic carbocycles. The van der Waals surface area contributed by atoms with Crippen molar-refractivity contribution in [2.75, 3.05) is 39.5 Å². The lowest BCUT2D eigenvalue weighted by atomic mass is 10.1. The van der Waals surface area contributed by atoms with Crippen LogP contribution in [0, 0.1) is 0 Å². The van der Waals surface area contributed by atoms with Gasteiger partial charge in [0.25, 0.3) is 5.91 Å². The number of likely N-dealkylation sites (N-methyl/N-ethyl adjacent to an activating group) is 1. The Balaban J connectivity index is 2.89. The normalized spacial score (nSPS) is 10.8. The lowest BCUT2D eigenvalue weighted by Crippen LogP contribution is -2.37. The van der Waals surface area contributed by atoms with Crippen molar-refractivity contribution in [3.63, 3.8) is 0 Å². The van der Waals surface area contributed by atoms with Crippen LogP contribution in [0.3, 0.4) is 0 Å². The van der Waals surface area contributed by atoms with Gasteiger partial charge in [-0.1, -0.05) is 24.6 Å². The predicted octanol–water partition coefficient (Wildman–Crippen LogP) is 2.34. The molecule has 0 unspecified atom stereocenters. The Morgan fingerprint density at radius 3 is 2.53 bits per heavy atom. The minimum absolute atomic E-state index is 0.0546. The molecule has 0 aliphatic heterocycles. The zero-order valence-corrected chi connectivity index (χ0v) is 12.6. The van der Waals surface area contributed by atoms with E-state index in [1.54, 1.807) is 18.2 Å². The summed E-state index contributed by atoms with van der Waals surface area (Å²) in [7, 11) is 3.98. The minimum atomic E-state index is -0.0546. The van der Waals surface area contributed by atoms with Gasteiger partial charge in [-0.15, -0.1) is 0 Å². The molecule has 19 heavy (non-hydrogen) atoms. The molecule has 4 nitrogen and oxygen atoms in total. The Hall–Kier alpha value is -1.26. The molecule has 1 rings (SSSR count). The highest BCUT2D eigenvalue weighted by atomic mass is 35.5. The number of benzene rings is 1. The van der Waals surface area contributed by atoms with Crippen LogP contribution in [0.15, 0.2) is 18.2 Å². The maximum absolute atomic E-state index is 12.5. The average molecular weight is 284 g/mol. The van der Waals surface area contributed by atoms with E-state index in [1.807, 2.05) is 19.0 Å². The number of rotatable bonds is 6. The summed E-state index contributed by atoms with van der Waals surface area (Å²) in [6, 6.07) is 5.17. The quantitative estimate of drug-likeness (QED) is 0.815. The van der Waals surface area contributed by atoms with Crippen LogP contribution in [0.2, 0.25) is 5.02 Å². The van der Waals surface area contributed by atoms with E-state index in [1.165, 1.54) is 0 Å². The van der Waals surface area contributed by atoms with Crippen LogP contribution in [-0.2, 0) is 0 Å². The largest absolute Gasteiger partial charge is 0.398 e. The first-order valence-corrected chi connectivity index (χ1v) is 6.83. The maximum atomic E-state index is 12.5. The summed E-state index contributed by atoms with van der Waals surface area (Å²) >= 11 is 6.11. The second-order valence-electron chi connectivity index (χ2n) is 4.80. The van der Waals surface area contributed by atoms with Crippen LogP contribution >= 0.6 is 11.6 Å². The molecule has 0 aliphatic rings. The molecule has 2 N–H and O–H groups in total. The highest BCUT2D eigenvalue weighted by molar-refractivity contribution is 6.36. The molecule has 0 radical (unpaired) electrons. The first-order valence-electron chi connectivity index (χ1n) is 6.45. The molecule has 0 fully saturated rings. The van der Waals surface area contributed by atoms with Crippen LogP contribution in [0.25, 0.3) is 0 Å². The SMILES string of the molecule is CCCN(CCN(C)C)C(=O)c1cccc(N)c1Cl. The average Bonchev–Trinajstić information content (AvgIpc) is 2.37. The highest BCUT2D eigenvalue weighted by Gasteiger charge is 2.18. The van der Waals surface area contributed by atoms with Gasteiger partial charge in [0, 0.05) is 19.6 Å². The van der Waals surface area contributed by atoms with Gasteiger partial charge in [-0.2, -0.15) is 0 Å². The number of hydrogen-bond acceptors (Lipinski definition) is 3. The number of carbonyl (C=O) groups is 1. The van der Waals surface area contributed by atoms with Crippen molar-refractivity contribution in [1.82, 2.24) is 9.80 Å². The molecule has 0 bridgehead atoms. The van der Waals surface area contributed by atoms with E-state index in [-0.39, 0.29) is 5.91 Å². The number of hydrogen-bond donors (Lipinski definition) is 1. The van der Waals surface area contributed by atoms with E-state index in [4.69, 9.17) is 17.3 Å². The molecular formula is C14H22ClN3O. The molecule has 0 heterocycles. The highest BCUT2D eigenvalue weighted by Crippen LogP contribution is 2.24. The summed E-state index contributed by atoms with van der Waals surface area (Å²) in [5.41, 5.74) is 6.67. The van der Waals surface area contributed by atoms with Crippen LogP contribution in [-0.4, -0.2) is 49.4 Å². The number of anilines is 1. The zero-order chi connectivity index (χ0) is 14.4. The van der Waals surface area contributed by atoms with Gasteiger partial charge in [0.15, 0.2) is 0 Å². The lowest BCUT2D eigenvalue weighted by molar-refractivity contribution is 0.0745. The van der Waals surface area contributed by atoms with E-state index in [0.717, 1.165) is 19.5 Å². The van der Waals surface area contributed by atoms with Gasteiger partial charge in [-0.05, 0) is 32.6 Å². The molecule has 5 heteroatoms. The zero-order valence-electron chi connectivity index (χ0n) is 11.8. The second-order valence-corrected chi connectivity index (χ2v) is 5.18. The number of nitrogens with zero attached hydrogens (tertiary/aromatic N) is 2. The topological polar surface area (TPSA) is 49.6 Å². The molecule has 0 aromatic heterocycles. The van der Waals surface area contributed by atoms with Gasteiger partial charge in [0.05, 0.1) is 16.3 Å². The van der Waals surface area contributed by atoms with Gasteiger partial charge < -0.3 is 15.5 Å². The first kappa shape index (κ1) is 15.8. The number of carbonyl (C=O) groups excluding carboxylic acids is 1. The van der Waals surface area contributed by atoms with Crippen molar-refractivity contribution in [2.24, 2.45) is 0 Å². The molecule has 106 valence electrons. The monoisotopic (exact) mass is 283 g/mol. The van der Waals surface area contributed by atoms with Crippen molar-refractivity contribution < 1.29 is 4.79 Å². The maximum Gasteiger partial charge on any atom is 0.255 e. The van der Waals surface area contributed by atoms with Gasteiger partial charge in [0.1, 0.15) is 0 Å². The van der Waals surface area contributed by atoms with E-state index in [0.29, 0.717) is 22.8 Å².